The Balaban J connectivity index is 1.71. The van der Waals surface area contributed by atoms with Crippen molar-refractivity contribution < 1.29 is 9.90 Å². The number of anilines is 2. The lowest BCUT2D eigenvalue weighted by molar-refractivity contribution is 0.262. The summed E-state index contributed by atoms with van der Waals surface area (Å²) in [4.78, 5) is 13.6. The topological polar surface area (TPSA) is 61.4 Å². The highest BCUT2D eigenvalue weighted by Gasteiger charge is 2.07. The smallest absolute Gasteiger partial charge is 0.323 e. The van der Waals surface area contributed by atoms with Crippen molar-refractivity contribution >= 4 is 29.2 Å². The molecule has 3 rings (SSSR count). The zero-order chi connectivity index (χ0) is 19.1. The van der Waals surface area contributed by atoms with E-state index in [9.17, 15) is 4.79 Å². The lowest BCUT2D eigenvalue weighted by Crippen LogP contribution is -2.20. The Morgan fingerprint density at radius 2 is 1.70 bits per heavy atom. The summed E-state index contributed by atoms with van der Waals surface area (Å²) in [6, 6.07) is 23.2. The summed E-state index contributed by atoms with van der Waals surface area (Å²) in [7, 11) is 0. The second kappa shape index (κ2) is 9.26. The minimum absolute atomic E-state index is 0.0394. The van der Waals surface area contributed by atoms with Crippen LogP contribution >= 0.6 is 11.8 Å². The quantitative estimate of drug-likeness (QED) is 0.513. The Kier molecular flexibility index (Phi) is 6.52. The maximum atomic E-state index is 12.4. The van der Waals surface area contributed by atoms with Crippen molar-refractivity contribution in [2.45, 2.75) is 11.3 Å². The monoisotopic (exact) mass is 378 g/mol. The van der Waals surface area contributed by atoms with E-state index in [1.165, 1.54) is 4.90 Å². The number of aliphatic hydroxyl groups is 1. The average Bonchev–Trinajstić information content (AvgIpc) is 2.70. The molecule has 0 spiro atoms. The zero-order valence-electron chi connectivity index (χ0n) is 15.1. The van der Waals surface area contributed by atoms with Crippen molar-refractivity contribution in [3.8, 4) is 11.1 Å². The number of para-hydroxylation sites is 1. The van der Waals surface area contributed by atoms with Crippen LogP contribution in [-0.2, 0) is 6.42 Å². The third-order valence-corrected chi connectivity index (χ3v) is 4.93. The number of urea groups is 1. The number of carbonyl (C=O) groups excluding carboxylic acids is 1. The molecule has 2 amide bonds. The van der Waals surface area contributed by atoms with Gasteiger partial charge in [-0.05, 0) is 59.7 Å². The molecule has 0 saturated carbocycles. The van der Waals surface area contributed by atoms with E-state index in [2.05, 4.69) is 41.2 Å². The summed E-state index contributed by atoms with van der Waals surface area (Å²) in [5.41, 5.74) is 4.47. The number of rotatable bonds is 6. The first-order valence-electron chi connectivity index (χ1n) is 8.71. The molecule has 0 saturated heterocycles. The van der Waals surface area contributed by atoms with Crippen LogP contribution in [0, 0.1) is 0 Å². The molecule has 0 fully saturated rings. The molecule has 3 N–H and O–H groups in total. The average molecular weight is 378 g/mol. The number of aliphatic hydroxyl groups excluding tert-OH is 1. The van der Waals surface area contributed by atoms with Crippen molar-refractivity contribution in [3.63, 3.8) is 0 Å². The van der Waals surface area contributed by atoms with Gasteiger partial charge >= 0.3 is 6.03 Å². The van der Waals surface area contributed by atoms with Gasteiger partial charge in [0, 0.05) is 22.9 Å². The second-order valence-electron chi connectivity index (χ2n) is 6.02. The summed E-state index contributed by atoms with van der Waals surface area (Å²) in [6.45, 7) is 0.0394. The predicted octanol–water partition coefficient (Wildman–Crippen LogP) is 5.25. The van der Waals surface area contributed by atoms with Crippen LogP contribution in [0.5, 0.6) is 0 Å². The highest BCUT2D eigenvalue weighted by molar-refractivity contribution is 7.98. The number of hydrogen-bond acceptors (Lipinski definition) is 3. The van der Waals surface area contributed by atoms with Crippen LogP contribution in [0.4, 0.5) is 16.2 Å². The van der Waals surface area contributed by atoms with Gasteiger partial charge in [0.1, 0.15) is 0 Å². The van der Waals surface area contributed by atoms with Gasteiger partial charge in [-0.25, -0.2) is 4.79 Å². The lowest BCUT2D eigenvalue weighted by Gasteiger charge is -2.12. The molecule has 27 heavy (non-hydrogen) atoms. The molecule has 0 atom stereocenters. The lowest BCUT2D eigenvalue weighted by atomic mass is 10.1. The Labute approximate surface area is 163 Å². The predicted molar refractivity (Wildman–Crippen MR) is 114 cm³/mol. The number of benzene rings is 3. The van der Waals surface area contributed by atoms with Gasteiger partial charge in [-0.2, -0.15) is 0 Å². The minimum Gasteiger partial charge on any atom is -0.396 e. The van der Waals surface area contributed by atoms with Crippen LogP contribution in [0.1, 0.15) is 5.56 Å². The fraction of sp³-hybridized carbons (Fsp3) is 0.136. The highest BCUT2D eigenvalue weighted by atomic mass is 32.2. The van der Waals surface area contributed by atoms with E-state index in [4.69, 9.17) is 5.11 Å². The van der Waals surface area contributed by atoms with Gasteiger partial charge in [-0.1, -0.05) is 42.5 Å². The molecule has 0 heterocycles. The largest absolute Gasteiger partial charge is 0.396 e. The molecule has 0 radical (unpaired) electrons. The summed E-state index contributed by atoms with van der Waals surface area (Å²) in [6.07, 6.45) is 2.55. The van der Waals surface area contributed by atoms with E-state index in [0.29, 0.717) is 12.1 Å². The van der Waals surface area contributed by atoms with Crippen LogP contribution in [0.3, 0.4) is 0 Å². The number of thioether (sulfide) groups is 1. The Bertz CT molecular complexity index is 910. The Morgan fingerprint density at radius 1 is 0.926 bits per heavy atom. The molecule has 0 aliphatic carbocycles. The fourth-order valence-electron chi connectivity index (χ4n) is 2.83. The van der Waals surface area contributed by atoms with Crippen molar-refractivity contribution in [1.82, 2.24) is 0 Å². The summed E-state index contributed by atoms with van der Waals surface area (Å²) in [5.74, 6) is 0. The van der Waals surface area contributed by atoms with Gasteiger partial charge in [0.25, 0.3) is 0 Å². The zero-order valence-corrected chi connectivity index (χ0v) is 15.9. The molecule has 138 valence electrons. The van der Waals surface area contributed by atoms with E-state index >= 15 is 0 Å². The van der Waals surface area contributed by atoms with Gasteiger partial charge < -0.3 is 15.7 Å². The van der Waals surface area contributed by atoms with E-state index < -0.39 is 0 Å². The fourth-order valence-corrected chi connectivity index (χ4v) is 3.23. The molecule has 0 unspecified atom stereocenters. The van der Waals surface area contributed by atoms with Crippen LogP contribution < -0.4 is 10.6 Å². The normalized spacial score (nSPS) is 10.4. The molecule has 0 aliphatic rings. The number of nitrogens with one attached hydrogen (secondary N) is 2. The Morgan fingerprint density at radius 3 is 2.44 bits per heavy atom. The summed E-state index contributed by atoms with van der Waals surface area (Å²) < 4.78 is 0. The highest BCUT2D eigenvalue weighted by Crippen LogP contribution is 2.25. The molecule has 3 aromatic rings. The van der Waals surface area contributed by atoms with Crippen molar-refractivity contribution in [2.24, 2.45) is 0 Å². The van der Waals surface area contributed by atoms with Crippen LogP contribution in [0.25, 0.3) is 11.1 Å². The van der Waals surface area contributed by atoms with Gasteiger partial charge in [-0.15, -0.1) is 11.8 Å². The number of carbonyl (C=O) groups is 1. The van der Waals surface area contributed by atoms with Crippen LogP contribution in [0.15, 0.2) is 77.7 Å². The van der Waals surface area contributed by atoms with Gasteiger partial charge in [0.15, 0.2) is 0 Å². The van der Waals surface area contributed by atoms with Crippen LogP contribution in [0.2, 0.25) is 0 Å². The van der Waals surface area contributed by atoms with E-state index in [-0.39, 0.29) is 12.6 Å². The molecule has 3 aromatic carbocycles. The van der Waals surface area contributed by atoms with Gasteiger partial charge in [0.05, 0.1) is 0 Å². The molecule has 0 aromatic heterocycles. The minimum atomic E-state index is -0.310. The summed E-state index contributed by atoms with van der Waals surface area (Å²) >= 11 is 1.71. The maximum absolute atomic E-state index is 12.4. The molecule has 0 bridgehead atoms. The maximum Gasteiger partial charge on any atom is 0.323 e. The first-order chi connectivity index (χ1) is 13.2. The van der Waals surface area contributed by atoms with Gasteiger partial charge in [-0.3, -0.25) is 0 Å². The first kappa shape index (κ1) is 19.0. The van der Waals surface area contributed by atoms with Gasteiger partial charge in [0.2, 0.25) is 0 Å². The first-order valence-corrected chi connectivity index (χ1v) is 9.93. The molecule has 5 heteroatoms. The standard InChI is InChI=1S/C22H22N2O2S/c1-27-20-11-9-16(10-12-20)18-6-4-7-19(15-18)23-22(26)24-21-8-3-2-5-17(21)13-14-25/h2-12,15,25H,13-14H2,1H3,(H2,23,24,26). The van der Waals surface area contributed by atoms with Crippen molar-refractivity contribution in [2.75, 3.05) is 23.5 Å². The van der Waals surface area contributed by atoms with E-state index in [1.807, 2.05) is 48.5 Å². The molecular formula is C22H22N2O2S. The summed E-state index contributed by atoms with van der Waals surface area (Å²) in [5, 5.41) is 14.9. The molecular weight excluding hydrogens is 356 g/mol. The van der Waals surface area contributed by atoms with Crippen molar-refractivity contribution in [3.05, 3.63) is 78.4 Å². The van der Waals surface area contributed by atoms with E-state index in [1.54, 1.807) is 11.8 Å². The number of hydrogen-bond donors (Lipinski definition) is 3. The second-order valence-corrected chi connectivity index (χ2v) is 6.90. The SMILES string of the molecule is CSc1ccc(-c2cccc(NC(=O)Nc3ccccc3CCO)c2)cc1. The van der Waals surface area contributed by atoms with Crippen molar-refractivity contribution in [1.29, 1.82) is 0 Å². The number of amides is 2. The third-order valence-electron chi connectivity index (χ3n) is 4.19. The van der Waals surface area contributed by atoms with Crippen LogP contribution in [-0.4, -0.2) is 24.0 Å². The molecule has 4 nitrogen and oxygen atoms in total. The molecule has 0 aliphatic heterocycles. The third kappa shape index (κ3) is 5.12. The Hall–Kier alpha value is -2.76. The van der Waals surface area contributed by atoms with E-state index in [0.717, 1.165) is 22.4 Å².